The van der Waals surface area contributed by atoms with Crippen molar-refractivity contribution in [3.8, 4) is 11.5 Å². The molecule has 0 saturated heterocycles. The summed E-state index contributed by atoms with van der Waals surface area (Å²) in [5.74, 6) is 1.99. The third-order valence-electron chi connectivity index (χ3n) is 3.49. The summed E-state index contributed by atoms with van der Waals surface area (Å²) in [6, 6.07) is 3.76. The number of methoxy groups -OCH3 is 1. The third kappa shape index (κ3) is 2.29. The van der Waals surface area contributed by atoms with E-state index in [1.165, 1.54) is 0 Å². The fraction of sp³-hybridized carbons (Fsp3) is 0.429. The number of nitrogens with one attached hydrogen (secondary N) is 2. The van der Waals surface area contributed by atoms with E-state index in [2.05, 4.69) is 10.3 Å². The monoisotopic (exact) mass is 290 g/mol. The van der Waals surface area contributed by atoms with Gasteiger partial charge in [-0.2, -0.15) is 0 Å². The molecule has 112 valence electrons. The molecule has 1 aliphatic rings. The van der Waals surface area contributed by atoms with Crippen molar-refractivity contribution >= 4 is 16.7 Å². The van der Waals surface area contributed by atoms with Crippen LogP contribution in [0.1, 0.15) is 6.42 Å². The summed E-state index contributed by atoms with van der Waals surface area (Å²) in [6.45, 7) is 2.03. The molecule has 1 aliphatic heterocycles. The Morgan fingerprint density at radius 3 is 3.10 bits per heavy atom. The lowest BCUT2D eigenvalue weighted by atomic mass is 10.2. The molecule has 1 aromatic heterocycles. The highest BCUT2D eigenvalue weighted by molar-refractivity contribution is 5.95. The van der Waals surface area contributed by atoms with Crippen molar-refractivity contribution in [2.24, 2.45) is 0 Å². The Morgan fingerprint density at radius 2 is 2.33 bits per heavy atom. The van der Waals surface area contributed by atoms with Gasteiger partial charge >= 0.3 is 0 Å². The number of rotatable bonds is 5. The van der Waals surface area contributed by atoms with Gasteiger partial charge in [-0.05, 0) is 12.1 Å². The molecular formula is C14H18N4O3. The number of nitrogens with zero attached hydrogens (tertiary/aromatic N) is 2. The molecular weight excluding hydrogens is 272 g/mol. The summed E-state index contributed by atoms with van der Waals surface area (Å²) >= 11 is 0. The average Bonchev–Trinajstić information content (AvgIpc) is 2.97. The van der Waals surface area contributed by atoms with Crippen molar-refractivity contribution in [1.29, 1.82) is 5.41 Å². The highest BCUT2D eigenvalue weighted by Gasteiger charge is 2.19. The molecule has 0 saturated carbocycles. The number of aromatic nitrogens is 2. The van der Waals surface area contributed by atoms with Crippen molar-refractivity contribution < 1.29 is 14.6 Å². The van der Waals surface area contributed by atoms with E-state index in [0.717, 1.165) is 24.3 Å². The van der Waals surface area contributed by atoms with Gasteiger partial charge in [0.1, 0.15) is 11.3 Å². The Bertz CT molecular complexity index is 726. The number of benzene rings is 1. The molecule has 2 heterocycles. The van der Waals surface area contributed by atoms with Gasteiger partial charge in [0.05, 0.1) is 13.7 Å². The van der Waals surface area contributed by atoms with Crippen LogP contribution in [0, 0.1) is 5.41 Å². The normalized spacial score (nSPS) is 13.0. The van der Waals surface area contributed by atoms with Crippen molar-refractivity contribution in [3.05, 3.63) is 17.8 Å². The molecule has 7 nitrogen and oxygen atoms in total. The van der Waals surface area contributed by atoms with Crippen molar-refractivity contribution in [3.63, 3.8) is 0 Å². The molecule has 0 amide bonds. The number of ether oxygens (including phenoxy) is 2. The average molecular weight is 290 g/mol. The number of aliphatic hydroxyl groups is 1. The molecule has 2 aromatic rings. The number of hydrogen-bond acceptors (Lipinski definition) is 6. The first-order valence-electron chi connectivity index (χ1n) is 6.90. The maximum atomic E-state index is 8.83. The fourth-order valence-corrected chi connectivity index (χ4v) is 2.52. The van der Waals surface area contributed by atoms with E-state index < -0.39 is 0 Å². The summed E-state index contributed by atoms with van der Waals surface area (Å²) in [7, 11) is 1.56. The van der Waals surface area contributed by atoms with Crippen LogP contribution in [-0.2, 0) is 6.54 Å². The number of aliphatic hydroxyl groups excluding tert-OH is 1. The van der Waals surface area contributed by atoms with E-state index in [9.17, 15) is 0 Å². The van der Waals surface area contributed by atoms with E-state index in [1.807, 2.05) is 16.7 Å². The van der Waals surface area contributed by atoms with Crippen molar-refractivity contribution in [1.82, 2.24) is 9.55 Å². The Hall–Kier alpha value is -2.28. The molecule has 21 heavy (non-hydrogen) atoms. The summed E-state index contributed by atoms with van der Waals surface area (Å²) in [5.41, 5.74) is 0.818. The van der Waals surface area contributed by atoms with E-state index in [1.54, 1.807) is 7.11 Å². The second-order valence-corrected chi connectivity index (χ2v) is 4.78. The van der Waals surface area contributed by atoms with Crippen molar-refractivity contribution in [2.45, 2.75) is 13.0 Å². The zero-order valence-electron chi connectivity index (χ0n) is 11.8. The number of anilines is 1. The van der Waals surface area contributed by atoms with Crippen LogP contribution in [0.5, 0.6) is 11.5 Å². The van der Waals surface area contributed by atoms with Gasteiger partial charge in [0, 0.05) is 31.5 Å². The van der Waals surface area contributed by atoms with Gasteiger partial charge in [-0.25, -0.2) is 4.98 Å². The maximum Gasteiger partial charge on any atom is 0.224 e. The highest BCUT2D eigenvalue weighted by Crippen LogP contribution is 2.37. The third-order valence-corrected chi connectivity index (χ3v) is 3.49. The van der Waals surface area contributed by atoms with E-state index >= 15 is 0 Å². The number of hydrogen-bond donors (Lipinski definition) is 3. The van der Waals surface area contributed by atoms with Crippen LogP contribution in [0.25, 0.3) is 10.9 Å². The first kappa shape index (κ1) is 13.7. The first-order chi connectivity index (χ1) is 10.3. The summed E-state index contributed by atoms with van der Waals surface area (Å²) < 4.78 is 12.9. The van der Waals surface area contributed by atoms with E-state index in [4.69, 9.17) is 20.0 Å². The van der Waals surface area contributed by atoms with Gasteiger partial charge in [0.25, 0.3) is 0 Å². The zero-order valence-corrected chi connectivity index (χ0v) is 11.8. The fourth-order valence-electron chi connectivity index (χ4n) is 2.52. The minimum absolute atomic E-state index is 0.0824. The second-order valence-electron chi connectivity index (χ2n) is 4.78. The highest BCUT2D eigenvalue weighted by atomic mass is 16.5. The Labute approximate surface area is 121 Å². The van der Waals surface area contributed by atoms with E-state index in [-0.39, 0.29) is 12.2 Å². The molecule has 0 fully saturated rings. The largest absolute Gasteiger partial charge is 0.491 e. The quantitative estimate of drug-likeness (QED) is 0.705. The van der Waals surface area contributed by atoms with Crippen LogP contribution in [0.4, 0.5) is 5.82 Å². The molecule has 0 atom stereocenters. The molecule has 0 unspecified atom stereocenters. The first-order valence-corrected chi connectivity index (χ1v) is 6.90. The number of fused-ring (bicyclic) bond motifs is 3. The zero-order chi connectivity index (χ0) is 14.8. The maximum absolute atomic E-state index is 8.83. The van der Waals surface area contributed by atoms with E-state index in [0.29, 0.717) is 30.0 Å². The lowest BCUT2D eigenvalue weighted by Crippen LogP contribution is -2.21. The summed E-state index contributed by atoms with van der Waals surface area (Å²) in [6.07, 6.45) is 0.555. The topological polar surface area (TPSA) is 92.4 Å². The Balaban J connectivity index is 2.13. The van der Waals surface area contributed by atoms with Gasteiger partial charge < -0.3 is 19.9 Å². The van der Waals surface area contributed by atoms with Crippen LogP contribution >= 0.6 is 0 Å². The Kier molecular flexibility index (Phi) is 3.66. The molecule has 0 aliphatic carbocycles. The van der Waals surface area contributed by atoms with Crippen LogP contribution in [0.3, 0.4) is 0 Å². The smallest absolute Gasteiger partial charge is 0.224 e. The molecule has 0 spiro atoms. The molecule has 3 rings (SSSR count). The minimum Gasteiger partial charge on any atom is -0.491 e. The molecule has 0 bridgehead atoms. The minimum atomic E-state index is 0.0824. The van der Waals surface area contributed by atoms with Crippen LogP contribution in [-0.4, -0.2) is 41.5 Å². The predicted octanol–water partition coefficient (Wildman–Crippen LogP) is 0.711. The summed E-state index contributed by atoms with van der Waals surface area (Å²) in [5, 5.41) is 21.0. The van der Waals surface area contributed by atoms with Gasteiger partial charge in [0.15, 0.2) is 11.5 Å². The van der Waals surface area contributed by atoms with Gasteiger partial charge in [-0.15, -0.1) is 0 Å². The van der Waals surface area contributed by atoms with Gasteiger partial charge in [-0.3, -0.25) is 9.98 Å². The molecule has 1 aromatic carbocycles. The standard InChI is InChI=1S/C14H18N4O3/c1-20-12-10(21-8-2-7-19)4-3-9-11(12)17-14(15)18-6-5-16-13(9)18/h3-4,15-16,19H,2,5-8H2,1H3. The second kappa shape index (κ2) is 5.61. The SMILES string of the molecule is COc1c(OCCCO)ccc2c3n(c(=N)nc12)CCN3. The van der Waals surface area contributed by atoms with Gasteiger partial charge in [0.2, 0.25) is 5.62 Å². The van der Waals surface area contributed by atoms with Gasteiger partial charge in [-0.1, -0.05) is 0 Å². The molecule has 0 radical (unpaired) electrons. The predicted molar refractivity (Wildman–Crippen MR) is 77.8 cm³/mol. The van der Waals surface area contributed by atoms with Crippen LogP contribution in [0.2, 0.25) is 0 Å². The van der Waals surface area contributed by atoms with Crippen molar-refractivity contribution in [2.75, 3.05) is 32.2 Å². The van der Waals surface area contributed by atoms with Crippen LogP contribution < -0.4 is 20.4 Å². The molecule has 3 N–H and O–H groups in total. The lowest BCUT2D eigenvalue weighted by Gasteiger charge is -2.14. The lowest BCUT2D eigenvalue weighted by molar-refractivity contribution is 0.228. The van der Waals surface area contributed by atoms with Crippen LogP contribution in [0.15, 0.2) is 12.1 Å². The molecule has 7 heteroatoms. The Morgan fingerprint density at radius 1 is 1.48 bits per heavy atom. The summed E-state index contributed by atoms with van der Waals surface area (Å²) in [4.78, 5) is 4.34.